The predicted molar refractivity (Wildman–Crippen MR) is 91.2 cm³/mol. The molecule has 0 atom stereocenters. The van der Waals surface area contributed by atoms with Crippen molar-refractivity contribution in [1.29, 1.82) is 0 Å². The average molecular weight is 332 g/mol. The van der Waals surface area contributed by atoms with Gasteiger partial charge in [0, 0.05) is 31.1 Å². The summed E-state index contributed by atoms with van der Waals surface area (Å²) in [6.07, 6.45) is 1.38. The van der Waals surface area contributed by atoms with Crippen molar-refractivity contribution in [3.05, 3.63) is 30.0 Å². The van der Waals surface area contributed by atoms with Gasteiger partial charge in [-0.2, -0.15) is 0 Å². The molecule has 0 aliphatic carbocycles. The van der Waals surface area contributed by atoms with E-state index >= 15 is 0 Å². The van der Waals surface area contributed by atoms with Crippen LogP contribution in [0.1, 0.15) is 17.3 Å². The van der Waals surface area contributed by atoms with Crippen LogP contribution in [0.15, 0.2) is 38.9 Å². The summed E-state index contributed by atoms with van der Waals surface area (Å²) in [6, 6.07) is 5.97. The Morgan fingerprint density at radius 1 is 1.30 bits per heavy atom. The standard InChI is InChI=1S/C16H20N4O2S/c1-11(21)13-10-22-18-16(13)23-12-3-4-15(14(17)9-12)20-7-5-19(2)6-8-20/h3-4,9-10H,5-8,17H2,1-2H3. The first-order chi connectivity index (χ1) is 11.0. The molecule has 1 aliphatic heterocycles. The SMILES string of the molecule is CC(=O)c1conc1Sc1ccc(N2CCN(C)CC2)c(N)c1. The zero-order valence-corrected chi connectivity index (χ0v) is 14.1. The van der Waals surface area contributed by atoms with Crippen LogP contribution >= 0.6 is 11.8 Å². The van der Waals surface area contributed by atoms with Gasteiger partial charge in [0.1, 0.15) is 6.26 Å². The Kier molecular flexibility index (Phi) is 4.58. The Balaban J connectivity index is 1.77. The molecule has 0 spiro atoms. The number of benzene rings is 1. The monoisotopic (exact) mass is 332 g/mol. The van der Waals surface area contributed by atoms with Gasteiger partial charge in [0.25, 0.3) is 0 Å². The average Bonchev–Trinajstić information content (AvgIpc) is 2.97. The second kappa shape index (κ2) is 6.64. The van der Waals surface area contributed by atoms with E-state index in [-0.39, 0.29) is 5.78 Å². The van der Waals surface area contributed by atoms with E-state index in [9.17, 15) is 4.79 Å². The summed E-state index contributed by atoms with van der Waals surface area (Å²) in [5.74, 6) is -0.0595. The van der Waals surface area contributed by atoms with Gasteiger partial charge in [-0.25, -0.2) is 0 Å². The highest BCUT2D eigenvalue weighted by Gasteiger charge is 2.18. The van der Waals surface area contributed by atoms with Crippen LogP contribution < -0.4 is 10.6 Å². The van der Waals surface area contributed by atoms with E-state index in [0.717, 1.165) is 42.4 Å². The lowest BCUT2D eigenvalue weighted by Crippen LogP contribution is -2.44. The number of anilines is 2. The number of carbonyl (C=O) groups excluding carboxylic acids is 1. The molecule has 1 aromatic heterocycles. The minimum Gasteiger partial charge on any atom is -0.397 e. The molecule has 23 heavy (non-hydrogen) atoms. The molecule has 122 valence electrons. The van der Waals surface area contributed by atoms with E-state index in [2.05, 4.69) is 22.0 Å². The molecule has 3 rings (SSSR count). The molecule has 1 fully saturated rings. The molecule has 0 bridgehead atoms. The van der Waals surface area contributed by atoms with Gasteiger partial charge in [0.05, 0.1) is 16.9 Å². The van der Waals surface area contributed by atoms with Crippen molar-refractivity contribution in [2.45, 2.75) is 16.8 Å². The quantitative estimate of drug-likeness (QED) is 0.680. The molecular weight excluding hydrogens is 312 g/mol. The number of hydrogen-bond acceptors (Lipinski definition) is 7. The van der Waals surface area contributed by atoms with Crippen molar-refractivity contribution >= 4 is 28.9 Å². The van der Waals surface area contributed by atoms with Crippen LogP contribution in [0.4, 0.5) is 11.4 Å². The van der Waals surface area contributed by atoms with Crippen molar-refractivity contribution in [2.24, 2.45) is 0 Å². The molecule has 1 aromatic carbocycles. The molecule has 0 unspecified atom stereocenters. The fourth-order valence-electron chi connectivity index (χ4n) is 2.58. The number of piperazine rings is 1. The number of aromatic nitrogens is 1. The van der Waals surface area contributed by atoms with Crippen LogP contribution in [-0.4, -0.2) is 49.1 Å². The number of rotatable bonds is 4. The van der Waals surface area contributed by atoms with E-state index in [1.165, 1.54) is 24.9 Å². The fraction of sp³-hybridized carbons (Fsp3) is 0.375. The van der Waals surface area contributed by atoms with E-state index in [4.69, 9.17) is 10.3 Å². The van der Waals surface area contributed by atoms with Crippen molar-refractivity contribution in [3.63, 3.8) is 0 Å². The number of nitrogen functional groups attached to an aromatic ring is 1. The molecule has 2 aromatic rings. The summed E-state index contributed by atoms with van der Waals surface area (Å²) < 4.78 is 4.90. The van der Waals surface area contributed by atoms with Gasteiger partial charge in [0.15, 0.2) is 10.8 Å². The van der Waals surface area contributed by atoms with Gasteiger partial charge >= 0.3 is 0 Å². The number of carbonyl (C=O) groups is 1. The summed E-state index contributed by atoms with van der Waals surface area (Å²) in [4.78, 5) is 17.1. The second-order valence-electron chi connectivity index (χ2n) is 5.70. The number of likely N-dealkylation sites (N-methyl/N-ethyl adjacent to an activating group) is 1. The Morgan fingerprint density at radius 2 is 2.04 bits per heavy atom. The number of nitrogens with two attached hydrogens (primary N) is 1. The number of hydrogen-bond donors (Lipinski definition) is 1. The first kappa shape index (κ1) is 15.9. The lowest BCUT2D eigenvalue weighted by atomic mass is 10.2. The van der Waals surface area contributed by atoms with Crippen molar-refractivity contribution in [1.82, 2.24) is 10.1 Å². The molecular formula is C16H20N4O2S. The van der Waals surface area contributed by atoms with Crippen molar-refractivity contribution in [3.8, 4) is 0 Å². The maximum atomic E-state index is 11.5. The van der Waals surface area contributed by atoms with Crippen LogP contribution in [0, 0.1) is 0 Å². The third-order valence-corrected chi connectivity index (χ3v) is 4.95. The summed E-state index contributed by atoms with van der Waals surface area (Å²) in [6.45, 7) is 5.53. The zero-order chi connectivity index (χ0) is 16.4. The summed E-state index contributed by atoms with van der Waals surface area (Å²) >= 11 is 1.39. The highest BCUT2D eigenvalue weighted by Crippen LogP contribution is 2.34. The maximum absolute atomic E-state index is 11.5. The largest absolute Gasteiger partial charge is 0.397 e. The molecule has 2 heterocycles. The van der Waals surface area contributed by atoms with Gasteiger partial charge in [0.2, 0.25) is 0 Å². The molecule has 1 saturated heterocycles. The lowest BCUT2D eigenvalue weighted by Gasteiger charge is -2.34. The fourth-order valence-corrected chi connectivity index (χ4v) is 3.50. The third kappa shape index (κ3) is 3.51. The highest BCUT2D eigenvalue weighted by atomic mass is 32.2. The van der Waals surface area contributed by atoms with E-state index in [1.54, 1.807) is 0 Å². The number of nitrogens with zero attached hydrogens (tertiary/aromatic N) is 3. The molecule has 2 N–H and O–H groups in total. The van der Waals surface area contributed by atoms with Crippen molar-refractivity contribution in [2.75, 3.05) is 43.9 Å². The summed E-state index contributed by atoms with van der Waals surface area (Å²) in [5, 5.41) is 4.47. The molecule has 7 heteroatoms. The first-order valence-electron chi connectivity index (χ1n) is 7.51. The van der Waals surface area contributed by atoms with E-state index in [1.807, 2.05) is 18.2 Å². The number of ketones is 1. The predicted octanol–water partition coefficient (Wildman–Crippen LogP) is 2.36. The smallest absolute Gasteiger partial charge is 0.165 e. The van der Waals surface area contributed by atoms with Crippen LogP contribution in [0.5, 0.6) is 0 Å². The molecule has 0 saturated carbocycles. The molecule has 6 nitrogen and oxygen atoms in total. The maximum Gasteiger partial charge on any atom is 0.165 e. The minimum absolute atomic E-state index is 0.0595. The van der Waals surface area contributed by atoms with Crippen LogP contribution in [0.3, 0.4) is 0 Å². The lowest BCUT2D eigenvalue weighted by molar-refractivity contribution is 0.101. The molecule has 0 amide bonds. The van der Waals surface area contributed by atoms with E-state index in [0.29, 0.717) is 10.6 Å². The van der Waals surface area contributed by atoms with Crippen LogP contribution in [0.25, 0.3) is 0 Å². The van der Waals surface area contributed by atoms with E-state index < -0.39 is 0 Å². The van der Waals surface area contributed by atoms with Gasteiger partial charge in [-0.3, -0.25) is 4.79 Å². The van der Waals surface area contributed by atoms with Gasteiger partial charge < -0.3 is 20.1 Å². The van der Waals surface area contributed by atoms with Crippen molar-refractivity contribution < 1.29 is 9.32 Å². The Hall–Kier alpha value is -1.99. The number of Topliss-reactive ketones (excluding diaryl/α,β-unsaturated/α-hetero) is 1. The normalized spacial score (nSPS) is 15.8. The second-order valence-corrected chi connectivity index (χ2v) is 6.76. The molecule has 0 radical (unpaired) electrons. The van der Waals surface area contributed by atoms with Crippen LogP contribution in [-0.2, 0) is 0 Å². The topological polar surface area (TPSA) is 75.6 Å². The zero-order valence-electron chi connectivity index (χ0n) is 13.3. The minimum atomic E-state index is -0.0595. The Labute approximate surface area is 139 Å². The molecule has 1 aliphatic rings. The summed E-state index contributed by atoms with van der Waals surface area (Å²) in [5.41, 5.74) is 8.54. The van der Waals surface area contributed by atoms with Gasteiger partial charge in [-0.1, -0.05) is 16.9 Å². The first-order valence-corrected chi connectivity index (χ1v) is 8.32. The summed E-state index contributed by atoms with van der Waals surface area (Å²) in [7, 11) is 2.13. The van der Waals surface area contributed by atoms with Crippen LogP contribution in [0.2, 0.25) is 0 Å². The third-order valence-electron chi connectivity index (χ3n) is 3.97. The Bertz CT molecular complexity index is 708. The highest BCUT2D eigenvalue weighted by molar-refractivity contribution is 7.99. The van der Waals surface area contributed by atoms with Gasteiger partial charge in [-0.15, -0.1) is 0 Å². The van der Waals surface area contributed by atoms with Gasteiger partial charge in [-0.05, 0) is 32.2 Å². The Morgan fingerprint density at radius 3 is 2.70 bits per heavy atom.